The molecule has 0 spiro atoms. The predicted octanol–water partition coefficient (Wildman–Crippen LogP) is 1.34. The van der Waals surface area contributed by atoms with E-state index in [1.165, 1.54) is 12.8 Å². The Morgan fingerprint density at radius 3 is 3.00 bits per heavy atom. The van der Waals surface area contributed by atoms with Crippen molar-refractivity contribution < 1.29 is 4.74 Å². The molecule has 0 unspecified atom stereocenters. The van der Waals surface area contributed by atoms with Gasteiger partial charge in [-0.05, 0) is 25.9 Å². The minimum atomic E-state index is 0.387. The van der Waals surface area contributed by atoms with Crippen LogP contribution >= 0.6 is 0 Å². The van der Waals surface area contributed by atoms with Crippen molar-refractivity contribution in [1.29, 1.82) is 0 Å². The van der Waals surface area contributed by atoms with Gasteiger partial charge in [0.1, 0.15) is 0 Å². The number of likely N-dealkylation sites (N-methyl/N-ethyl adjacent to an activating group) is 1. The van der Waals surface area contributed by atoms with Crippen molar-refractivity contribution in [3.05, 3.63) is 0 Å². The molecular formula is C12H26N2O. The first-order valence-corrected chi connectivity index (χ1v) is 6.23. The Morgan fingerprint density at radius 1 is 1.53 bits per heavy atom. The van der Waals surface area contributed by atoms with E-state index in [0.717, 1.165) is 38.7 Å². The van der Waals surface area contributed by atoms with Crippen molar-refractivity contribution >= 4 is 0 Å². The van der Waals surface area contributed by atoms with Gasteiger partial charge < -0.3 is 15.0 Å². The van der Waals surface area contributed by atoms with Gasteiger partial charge in [0.25, 0.3) is 0 Å². The zero-order chi connectivity index (χ0) is 11.1. The van der Waals surface area contributed by atoms with Crippen LogP contribution < -0.4 is 5.32 Å². The van der Waals surface area contributed by atoms with Crippen molar-refractivity contribution in [2.75, 3.05) is 39.8 Å². The highest BCUT2D eigenvalue weighted by Gasteiger charge is 2.16. The summed E-state index contributed by atoms with van der Waals surface area (Å²) in [5.41, 5.74) is 0. The van der Waals surface area contributed by atoms with Crippen LogP contribution in [-0.2, 0) is 4.74 Å². The summed E-state index contributed by atoms with van der Waals surface area (Å²) < 4.78 is 5.69. The van der Waals surface area contributed by atoms with Crippen LogP contribution in [0.15, 0.2) is 0 Å². The van der Waals surface area contributed by atoms with Gasteiger partial charge in [0, 0.05) is 19.6 Å². The lowest BCUT2D eigenvalue weighted by molar-refractivity contribution is -0.0183. The molecule has 15 heavy (non-hydrogen) atoms. The minimum absolute atomic E-state index is 0.387. The van der Waals surface area contributed by atoms with Crippen molar-refractivity contribution in [2.24, 2.45) is 5.92 Å². The molecule has 1 N–H and O–H groups in total. The Bertz CT molecular complexity index is 164. The van der Waals surface area contributed by atoms with Gasteiger partial charge in [0.2, 0.25) is 0 Å². The van der Waals surface area contributed by atoms with Crippen LogP contribution in [0.4, 0.5) is 0 Å². The van der Waals surface area contributed by atoms with E-state index in [4.69, 9.17) is 4.74 Å². The maximum absolute atomic E-state index is 5.69. The van der Waals surface area contributed by atoms with Gasteiger partial charge in [-0.2, -0.15) is 0 Å². The summed E-state index contributed by atoms with van der Waals surface area (Å²) >= 11 is 0. The number of morpholine rings is 1. The summed E-state index contributed by atoms with van der Waals surface area (Å²) in [6.07, 6.45) is 2.99. The lowest BCUT2D eigenvalue weighted by atomic mass is 10.1. The summed E-state index contributed by atoms with van der Waals surface area (Å²) in [4.78, 5) is 2.34. The fourth-order valence-electron chi connectivity index (χ4n) is 2.08. The van der Waals surface area contributed by atoms with Crippen LogP contribution in [0.5, 0.6) is 0 Å². The van der Waals surface area contributed by atoms with Gasteiger partial charge in [-0.25, -0.2) is 0 Å². The molecule has 3 heteroatoms. The highest BCUT2D eigenvalue weighted by Crippen LogP contribution is 2.04. The molecule has 0 aromatic rings. The molecule has 0 aromatic carbocycles. The maximum Gasteiger partial charge on any atom is 0.0826 e. The third kappa shape index (κ3) is 5.50. The zero-order valence-corrected chi connectivity index (χ0v) is 10.5. The molecule has 1 saturated heterocycles. The molecule has 1 fully saturated rings. The van der Waals surface area contributed by atoms with Gasteiger partial charge in [-0.15, -0.1) is 0 Å². The Hall–Kier alpha value is -0.120. The first-order chi connectivity index (χ1) is 7.22. The molecule has 1 heterocycles. The van der Waals surface area contributed by atoms with Gasteiger partial charge in [-0.3, -0.25) is 0 Å². The lowest BCUT2D eigenvalue weighted by Gasteiger charge is -2.30. The normalized spacial score (nSPS) is 25.4. The van der Waals surface area contributed by atoms with Crippen LogP contribution in [-0.4, -0.2) is 50.8 Å². The van der Waals surface area contributed by atoms with Crippen LogP contribution in [0, 0.1) is 5.92 Å². The highest BCUT2D eigenvalue weighted by molar-refractivity contribution is 4.71. The Morgan fingerprint density at radius 2 is 2.33 bits per heavy atom. The molecule has 2 atom stereocenters. The second kappa shape index (κ2) is 7.20. The molecule has 1 aliphatic rings. The Labute approximate surface area is 94.2 Å². The van der Waals surface area contributed by atoms with E-state index in [-0.39, 0.29) is 0 Å². The number of ether oxygens (including phenoxy) is 1. The van der Waals surface area contributed by atoms with Crippen molar-refractivity contribution in [3.8, 4) is 0 Å². The molecule has 0 amide bonds. The highest BCUT2D eigenvalue weighted by atomic mass is 16.5. The van der Waals surface area contributed by atoms with Crippen LogP contribution in [0.1, 0.15) is 26.7 Å². The van der Waals surface area contributed by atoms with Crippen LogP contribution in [0.2, 0.25) is 0 Å². The van der Waals surface area contributed by atoms with E-state index in [1.807, 2.05) is 0 Å². The second-order valence-corrected chi connectivity index (χ2v) is 4.81. The second-order valence-electron chi connectivity index (χ2n) is 4.81. The average molecular weight is 214 g/mol. The average Bonchev–Trinajstić information content (AvgIpc) is 2.18. The standard InChI is InChI=1S/C12H26N2O/c1-4-5-11(2)8-13-9-12-10-14(3)6-7-15-12/h11-13H,4-10H2,1-3H3/t11-,12-/m0/s1. The van der Waals surface area contributed by atoms with Crippen molar-refractivity contribution in [1.82, 2.24) is 10.2 Å². The Balaban J connectivity index is 2.03. The number of hydrogen-bond donors (Lipinski definition) is 1. The molecule has 0 bridgehead atoms. The zero-order valence-electron chi connectivity index (χ0n) is 10.5. The van der Waals surface area contributed by atoms with E-state index in [0.29, 0.717) is 6.10 Å². The van der Waals surface area contributed by atoms with Crippen molar-refractivity contribution in [2.45, 2.75) is 32.8 Å². The topological polar surface area (TPSA) is 24.5 Å². The molecule has 90 valence electrons. The molecule has 0 saturated carbocycles. The third-order valence-corrected chi connectivity index (χ3v) is 2.99. The molecule has 0 aromatic heterocycles. The monoisotopic (exact) mass is 214 g/mol. The fraction of sp³-hybridized carbons (Fsp3) is 1.00. The quantitative estimate of drug-likeness (QED) is 0.722. The van der Waals surface area contributed by atoms with Crippen LogP contribution in [0.3, 0.4) is 0 Å². The molecule has 1 rings (SSSR count). The number of nitrogens with zero attached hydrogens (tertiary/aromatic N) is 1. The summed E-state index contributed by atoms with van der Waals surface area (Å²) in [6, 6.07) is 0. The lowest BCUT2D eigenvalue weighted by Crippen LogP contribution is -2.45. The minimum Gasteiger partial charge on any atom is -0.374 e. The van der Waals surface area contributed by atoms with Gasteiger partial charge in [-0.1, -0.05) is 20.3 Å². The predicted molar refractivity (Wildman–Crippen MR) is 64.2 cm³/mol. The van der Waals surface area contributed by atoms with E-state index in [9.17, 15) is 0 Å². The molecule has 0 radical (unpaired) electrons. The van der Waals surface area contributed by atoms with Crippen LogP contribution in [0.25, 0.3) is 0 Å². The van der Waals surface area contributed by atoms with E-state index in [2.05, 4.69) is 31.1 Å². The first-order valence-electron chi connectivity index (χ1n) is 6.23. The SMILES string of the molecule is CCC[C@H](C)CNC[C@H]1CN(C)CCO1. The fourth-order valence-corrected chi connectivity index (χ4v) is 2.08. The number of nitrogens with one attached hydrogen (secondary N) is 1. The van der Waals surface area contributed by atoms with E-state index >= 15 is 0 Å². The maximum atomic E-state index is 5.69. The summed E-state index contributed by atoms with van der Waals surface area (Å²) in [5.74, 6) is 0.788. The molecule has 1 aliphatic heterocycles. The Kier molecular flexibility index (Phi) is 6.22. The molecular weight excluding hydrogens is 188 g/mol. The summed E-state index contributed by atoms with van der Waals surface area (Å²) in [6.45, 7) is 9.70. The number of hydrogen-bond acceptors (Lipinski definition) is 3. The summed E-state index contributed by atoms with van der Waals surface area (Å²) in [7, 11) is 2.16. The smallest absolute Gasteiger partial charge is 0.0826 e. The van der Waals surface area contributed by atoms with E-state index < -0.39 is 0 Å². The largest absolute Gasteiger partial charge is 0.374 e. The van der Waals surface area contributed by atoms with Gasteiger partial charge in [0.15, 0.2) is 0 Å². The van der Waals surface area contributed by atoms with Gasteiger partial charge in [0.05, 0.1) is 12.7 Å². The van der Waals surface area contributed by atoms with E-state index in [1.54, 1.807) is 0 Å². The molecule has 3 nitrogen and oxygen atoms in total. The molecule has 0 aliphatic carbocycles. The van der Waals surface area contributed by atoms with Crippen molar-refractivity contribution in [3.63, 3.8) is 0 Å². The first kappa shape index (κ1) is 12.9. The van der Waals surface area contributed by atoms with Gasteiger partial charge >= 0.3 is 0 Å². The third-order valence-electron chi connectivity index (χ3n) is 2.99. The number of rotatable bonds is 6. The summed E-state index contributed by atoms with van der Waals surface area (Å²) in [5, 5.41) is 3.51.